The quantitative estimate of drug-likeness (QED) is 0.772. The van der Waals surface area contributed by atoms with Gasteiger partial charge in [-0.15, -0.1) is 5.10 Å². The first-order chi connectivity index (χ1) is 12.6. The molecule has 2 aromatic heterocycles. The van der Waals surface area contributed by atoms with Crippen LogP contribution in [-0.2, 0) is 4.79 Å². The third kappa shape index (κ3) is 2.59. The van der Waals surface area contributed by atoms with Gasteiger partial charge in [-0.05, 0) is 44.0 Å². The molecule has 1 aromatic carbocycles. The highest BCUT2D eigenvalue weighted by Gasteiger charge is 2.36. The molecule has 1 amide bonds. The summed E-state index contributed by atoms with van der Waals surface area (Å²) in [5.74, 6) is -1.37. The molecule has 1 atom stereocenters. The minimum Gasteiger partial charge on any atom is -0.480 e. The zero-order valence-electron chi connectivity index (χ0n) is 14.2. The summed E-state index contributed by atoms with van der Waals surface area (Å²) in [4.78, 5) is 29.8. The van der Waals surface area contributed by atoms with Crippen molar-refractivity contribution in [3.8, 4) is 5.69 Å². The Morgan fingerprint density at radius 1 is 1.27 bits per heavy atom. The molecule has 0 aliphatic carbocycles. The summed E-state index contributed by atoms with van der Waals surface area (Å²) in [6.07, 6.45) is 2.87. The molecular weight excluding hydrogens is 334 g/mol. The van der Waals surface area contributed by atoms with E-state index in [0.29, 0.717) is 25.1 Å². The van der Waals surface area contributed by atoms with Gasteiger partial charge in [-0.2, -0.15) is 0 Å². The first-order valence-electron chi connectivity index (χ1n) is 8.37. The van der Waals surface area contributed by atoms with Crippen molar-refractivity contribution in [2.75, 3.05) is 6.54 Å². The summed E-state index contributed by atoms with van der Waals surface area (Å²) in [5, 5.41) is 18.4. The highest BCUT2D eigenvalue weighted by molar-refractivity contribution is 5.96. The van der Waals surface area contributed by atoms with Gasteiger partial charge in [0.25, 0.3) is 5.91 Å². The van der Waals surface area contributed by atoms with E-state index in [9.17, 15) is 14.7 Å². The van der Waals surface area contributed by atoms with Crippen LogP contribution in [0.1, 0.15) is 29.0 Å². The molecule has 1 N–H and O–H groups in total. The van der Waals surface area contributed by atoms with E-state index in [1.165, 1.54) is 4.90 Å². The number of aliphatic carboxylic acids is 1. The average molecular weight is 351 g/mol. The summed E-state index contributed by atoms with van der Waals surface area (Å²) in [6, 6.07) is 8.68. The van der Waals surface area contributed by atoms with Crippen LogP contribution in [0, 0.1) is 6.92 Å². The average Bonchev–Trinajstić information content (AvgIpc) is 3.28. The SMILES string of the molecule is Cc1c(C(=O)N2CCCC2C(=O)O)nnn1-c1ccc2ncccc2c1. The predicted molar refractivity (Wildman–Crippen MR) is 93.1 cm³/mol. The lowest BCUT2D eigenvalue weighted by molar-refractivity contribution is -0.141. The van der Waals surface area contributed by atoms with Crippen molar-refractivity contribution < 1.29 is 14.7 Å². The number of fused-ring (bicyclic) bond motifs is 1. The standard InChI is InChI=1S/C18H17N5O3/c1-11-16(17(24)22-9-3-5-15(22)18(25)26)20-21-23(11)13-6-7-14-12(10-13)4-2-8-19-14/h2,4,6-8,10,15H,3,5,9H2,1H3,(H,25,26). The van der Waals surface area contributed by atoms with Gasteiger partial charge >= 0.3 is 5.97 Å². The Bertz CT molecular complexity index is 1010. The number of hydrogen-bond donors (Lipinski definition) is 1. The lowest BCUT2D eigenvalue weighted by Gasteiger charge is -2.20. The molecule has 0 radical (unpaired) electrons. The molecule has 0 saturated carbocycles. The number of likely N-dealkylation sites (tertiary alicyclic amines) is 1. The van der Waals surface area contributed by atoms with Crippen LogP contribution < -0.4 is 0 Å². The predicted octanol–water partition coefficient (Wildman–Crippen LogP) is 1.81. The Kier molecular flexibility index (Phi) is 3.87. The highest BCUT2D eigenvalue weighted by atomic mass is 16.4. The zero-order valence-corrected chi connectivity index (χ0v) is 14.2. The van der Waals surface area contributed by atoms with Gasteiger partial charge < -0.3 is 10.0 Å². The maximum atomic E-state index is 12.8. The number of nitrogens with zero attached hydrogens (tertiary/aromatic N) is 5. The normalized spacial score (nSPS) is 17.0. The lowest BCUT2D eigenvalue weighted by Crippen LogP contribution is -2.40. The second kappa shape index (κ2) is 6.21. The van der Waals surface area contributed by atoms with Gasteiger partial charge in [-0.1, -0.05) is 11.3 Å². The van der Waals surface area contributed by atoms with Crippen LogP contribution >= 0.6 is 0 Å². The third-order valence-corrected chi connectivity index (χ3v) is 4.73. The number of rotatable bonds is 3. The van der Waals surface area contributed by atoms with E-state index in [1.807, 2.05) is 30.3 Å². The third-order valence-electron chi connectivity index (χ3n) is 4.73. The minimum atomic E-state index is -0.983. The van der Waals surface area contributed by atoms with E-state index in [1.54, 1.807) is 17.8 Å². The van der Waals surface area contributed by atoms with Crippen molar-refractivity contribution in [2.24, 2.45) is 0 Å². The lowest BCUT2D eigenvalue weighted by atomic mass is 10.2. The molecule has 1 aliphatic rings. The zero-order chi connectivity index (χ0) is 18.3. The highest BCUT2D eigenvalue weighted by Crippen LogP contribution is 2.22. The number of carbonyl (C=O) groups is 2. The Balaban J connectivity index is 1.69. The molecule has 3 heterocycles. The number of hydrogen-bond acceptors (Lipinski definition) is 5. The maximum Gasteiger partial charge on any atom is 0.326 e. The molecule has 26 heavy (non-hydrogen) atoms. The van der Waals surface area contributed by atoms with Crippen LogP contribution in [0.15, 0.2) is 36.5 Å². The second-order valence-electron chi connectivity index (χ2n) is 6.31. The van der Waals surface area contributed by atoms with Gasteiger partial charge in [0.05, 0.1) is 16.9 Å². The number of benzene rings is 1. The monoisotopic (exact) mass is 351 g/mol. The van der Waals surface area contributed by atoms with Crippen LogP contribution in [0.3, 0.4) is 0 Å². The van der Waals surface area contributed by atoms with Gasteiger partial charge in [-0.25, -0.2) is 9.48 Å². The molecule has 3 aromatic rings. The number of carboxylic acid groups (broad SMARTS) is 1. The van der Waals surface area contributed by atoms with Gasteiger partial charge in [0.2, 0.25) is 0 Å². The maximum absolute atomic E-state index is 12.8. The van der Waals surface area contributed by atoms with Crippen LogP contribution in [0.2, 0.25) is 0 Å². The second-order valence-corrected chi connectivity index (χ2v) is 6.31. The molecule has 1 fully saturated rings. The number of carboxylic acids is 1. The van der Waals surface area contributed by atoms with E-state index >= 15 is 0 Å². The van der Waals surface area contributed by atoms with Crippen molar-refractivity contribution in [2.45, 2.75) is 25.8 Å². The molecule has 132 valence electrons. The van der Waals surface area contributed by atoms with Gasteiger partial charge in [0.1, 0.15) is 6.04 Å². The minimum absolute atomic E-state index is 0.185. The van der Waals surface area contributed by atoms with Gasteiger partial charge in [0, 0.05) is 18.1 Å². The van der Waals surface area contributed by atoms with Crippen LogP contribution in [0.25, 0.3) is 16.6 Å². The van der Waals surface area contributed by atoms with E-state index in [0.717, 1.165) is 16.6 Å². The van der Waals surface area contributed by atoms with Crippen molar-refractivity contribution in [3.05, 3.63) is 47.9 Å². The van der Waals surface area contributed by atoms with E-state index < -0.39 is 12.0 Å². The van der Waals surface area contributed by atoms with Crippen LogP contribution in [-0.4, -0.2) is 54.4 Å². The van der Waals surface area contributed by atoms with Gasteiger partial charge in [0.15, 0.2) is 5.69 Å². The summed E-state index contributed by atoms with van der Waals surface area (Å²) in [7, 11) is 0. The molecule has 1 saturated heterocycles. The first-order valence-corrected chi connectivity index (χ1v) is 8.37. The fraction of sp³-hybridized carbons (Fsp3) is 0.278. The van der Waals surface area contributed by atoms with Crippen molar-refractivity contribution in [3.63, 3.8) is 0 Å². The van der Waals surface area contributed by atoms with Crippen LogP contribution in [0.4, 0.5) is 0 Å². The molecule has 0 spiro atoms. The Morgan fingerprint density at radius 2 is 2.12 bits per heavy atom. The Labute approximate surface area is 149 Å². The summed E-state index contributed by atoms with van der Waals surface area (Å²) in [5.41, 5.74) is 2.40. The van der Waals surface area contributed by atoms with Crippen molar-refractivity contribution >= 4 is 22.8 Å². The number of aromatic nitrogens is 4. The first kappa shape index (κ1) is 16.2. The van der Waals surface area contributed by atoms with Gasteiger partial charge in [-0.3, -0.25) is 9.78 Å². The van der Waals surface area contributed by atoms with Crippen molar-refractivity contribution in [1.82, 2.24) is 24.9 Å². The van der Waals surface area contributed by atoms with E-state index in [4.69, 9.17) is 0 Å². The number of carbonyl (C=O) groups excluding carboxylic acids is 1. The summed E-state index contributed by atoms with van der Waals surface area (Å²) < 4.78 is 1.59. The Hall–Kier alpha value is -3.29. The number of amides is 1. The molecule has 0 bridgehead atoms. The van der Waals surface area contributed by atoms with E-state index in [-0.39, 0.29) is 11.6 Å². The summed E-state index contributed by atoms with van der Waals surface area (Å²) in [6.45, 7) is 2.18. The van der Waals surface area contributed by atoms with Crippen molar-refractivity contribution in [1.29, 1.82) is 0 Å². The smallest absolute Gasteiger partial charge is 0.326 e. The van der Waals surface area contributed by atoms with Crippen LogP contribution in [0.5, 0.6) is 0 Å². The molecule has 1 unspecified atom stereocenters. The summed E-state index contributed by atoms with van der Waals surface area (Å²) >= 11 is 0. The molecule has 8 heteroatoms. The number of pyridine rings is 1. The fourth-order valence-electron chi connectivity index (χ4n) is 3.37. The molecule has 4 rings (SSSR count). The van der Waals surface area contributed by atoms with E-state index in [2.05, 4.69) is 15.3 Å². The fourth-order valence-corrected chi connectivity index (χ4v) is 3.37. The molecule has 8 nitrogen and oxygen atoms in total. The largest absolute Gasteiger partial charge is 0.480 e. The topological polar surface area (TPSA) is 101 Å². The molecular formula is C18H17N5O3. The Morgan fingerprint density at radius 3 is 2.92 bits per heavy atom. The molecule has 1 aliphatic heterocycles.